The molecule has 1 aromatic heterocycles. The molecule has 1 aliphatic rings. The van der Waals surface area contributed by atoms with Crippen molar-refractivity contribution in [3.05, 3.63) is 57.3 Å². The van der Waals surface area contributed by atoms with Crippen molar-refractivity contribution in [3.63, 3.8) is 0 Å². The first-order chi connectivity index (χ1) is 14.5. The molecule has 2 atom stereocenters. The smallest absolute Gasteiger partial charge is 0.315 e. The Morgan fingerprint density at radius 1 is 1.23 bits per heavy atom. The number of aliphatic hydroxyl groups is 1. The topological polar surface area (TPSA) is 76.1 Å². The molecule has 1 aromatic carbocycles. The van der Waals surface area contributed by atoms with Gasteiger partial charge in [-0.1, -0.05) is 39.0 Å². The number of fused-ring (bicyclic) bond motifs is 1. The van der Waals surface area contributed by atoms with Gasteiger partial charge in [0.15, 0.2) is 14.5 Å². The van der Waals surface area contributed by atoms with Gasteiger partial charge < -0.3 is 19.2 Å². The molecule has 2 heterocycles. The fraction of sp³-hybridized carbons (Fsp3) is 0.478. The van der Waals surface area contributed by atoms with Crippen LogP contribution in [0.3, 0.4) is 0 Å². The Kier molecular flexibility index (Phi) is 6.76. The molecule has 0 spiro atoms. The molecule has 168 valence electrons. The van der Waals surface area contributed by atoms with E-state index in [2.05, 4.69) is 33.9 Å². The largest absolute Gasteiger partial charge is 0.468 e. The molecule has 6 nitrogen and oxygen atoms in total. The van der Waals surface area contributed by atoms with Gasteiger partial charge in [0.2, 0.25) is 0 Å². The molecule has 8 heteroatoms. The van der Waals surface area contributed by atoms with E-state index in [0.717, 1.165) is 9.75 Å². The quantitative estimate of drug-likeness (QED) is 0.479. The highest BCUT2D eigenvalue weighted by molar-refractivity contribution is 7.12. The van der Waals surface area contributed by atoms with E-state index < -0.39 is 26.4 Å². The molecule has 0 aliphatic carbocycles. The lowest BCUT2D eigenvalue weighted by atomic mass is 10.1. The normalized spacial score (nSPS) is 17.6. The fourth-order valence-electron chi connectivity index (χ4n) is 3.28. The zero-order chi connectivity index (χ0) is 23.0. The van der Waals surface area contributed by atoms with E-state index >= 15 is 0 Å². The first-order valence-corrected chi connectivity index (χ1v) is 14.1. The van der Waals surface area contributed by atoms with Gasteiger partial charge in [0.25, 0.3) is 5.91 Å². The summed E-state index contributed by atoms with van der Waals surface area (Å²) >= 11 is 1.48. The van der Waals surface area contributed by atoms with E-state index in [4.69, 9.17) is 9.16 Å². The Labute approximate surface area is 188 Å². The van der Waals surface area contributed by atoms with E-state index in [1.54, 1.807) is 24.3 Å². The molecular weight excluding hydrogens is 430 g/mol. The Morgan fingerprint density at radius 2 is 1.90 bits per heavy atom. The van der Waals surface area contributed by atoms with Gasteiger partial charge in [-0.05, 0) is 36.3 Å². The second kappa shape index (κ2) is 8.86. The second-order valence-electron chi connectivity index (χ2n) is 9.35. The minimum Gasteiger partial charge on any atom is -0.468 e. The van der Waals surface area contributed by atoms with Gasteiger partial charge in [0, 0.05) is 27.4 Å². The molecular formula is C23H31NO5SSi. The Bertz CT molecular complexity index is 965. The van der Waals surface area contributed by atoms with E-state index in [0.29, 0.717) is 17.7 Å². The number of carbonyl (C=O) groups is 2. The maximum atomic E-state index is 12.8. The third-order valence-electron chi connectivity index (χ3n) is 6.30. The Hall–Kier alpha value is -2.00. The van der Waals surface area contributed by atoms with Crippen LogP contribution in [0.4, 0.5) is 0 Å². The van der Waals surface area contributed by atoms with Crippen molar-refractivity contribution < 1.29 is 23.9 Å². The van der Waals surface area contributed by atoms with Crippen LogP contribution in [0.2, 0.25) is 18.1 Å². The van der Waals surface area contributed by atoms with E-state index in [-0.39, 0.29) is 17.5 Å². The number of carbonyl (C=O) groups excluding carboxylic acids is 2. The molecule has 0 saturated carbocycles. The number of aliphatic hydroxyl groups excluding tert-OH is 1. The maximum Gasteiger partial charge on any atom is 0.315 e. The summed E-state index contributed by atoms with van der Waals surface area (Å²) in [6.07, 6.45) is -1.07. The SMILES string of the molecule is COC(=O)C(CN1C(=O)c2ccccc2C1O)c1ccc(CO[Si](C)(C)C(C)(C)C)s1. The first-order valence-electron chi connectivity index (χ1n) is 10.3. The van der Waals surface area contributed by atoms with Gasteiger partial charge >= 0.3 is 5.97 Å². The van der Waals surface area contributed by atoms with Gasteiger partial charge in [-0.25, -0.2) is 0 Å². The van der Waals surface area contributed by atoms with Gasteiger partial charge in [-0.15, -0.1) is 11.3 Å². The number of ether oxygens (including phenoxy) is 1. The number of methoxy groups -OCH3 is 1. The lowest BCUT2D eigenvalue weighted by molar-refractivity contribution is -0.143. The van der Waals surface area contributed by atoms with Crippen LogP contribution < -0.4 is 0 Å². The highest BCUT2D eigenvalue weighted by Crippen LogP contribution is 2.38. The van der Waals surface area contributed by atoms with Crippen molar-refractivity contribution in [2.24, 2.45) is 0 Å². The molecule has 31 heavy (non-hydrogen) atoms. The summed E-state index contributed by atoms with van der Waals surface area (Å²) in [6, 6.07) is 10.8. The minimum atomic E-state index is -1.89. The predicted molar refractivity (Wildman–Crippen MR) is 124 cm³/mol. The summed E-state index contributed by atoms with van der Waals surface area (Å²) in [6.45, 7) is 11.5. The minimum absolute atomic E-state index is 0.0460. The summed E-state index contributed by atoms with van der Waals surface area (Å²) in [5, 5.41) is 10.8. The zero-order valence-electron chi connectivity index (χ0n) is 19.0. The average Bonchev–Trinajstić information content (AvgIpc) is 3.28. The third kappa shape index (κ3) is 4.77. The lowest BCUT2D eigenvalue weighted by Crippen LogP contribution is -2.40. The van der Waals surface area contributed by atoms with Crippen molar-refractivity contribution in [2.75, 3.05) is 13.7 Å². The molecule has 0 saturated heterocycles. The second-order valence-corrected chi connectivity index (χ2v) is 15.4. The Morgan fingerprint density at radius 3 is 2.52 bits per heavy atom. The van der Waals surface area contributed by atoms with E-state index in [9.17, 15) is 14.7 Å². The molecule has 0 fully saturated rings. The monoisotopic (exact) mass is 461 g/mol. The molecule has 1 N–H and O–H groups in total. The number of hydrogen-bond donors (Lipinski definition) is 1. The van der Waals surface area contributed by atoms with Gasteiger partial charge in [-0.2, -0.15) is 0 Å². The molecule has 1 aliphatic heterocycles. The predicted octanol–water partition coefficient (Wildman–Crippen LogP) is 4.67. The van der Waals surface area contributed by atoms with Crippen molar-refractivity contribution in [1.82, 2.24) is 4.90 Å². The lowest BCUT2D eigenvalue weighted by Gasteiger charge is -2.36. The summed E-state index contributed by atoms with van der Waals surface area (Å²) in [4.78, 5) is 28.5. The maximum absolute atomic E-state index is 12.8. The van der Waals surface area contributed by atoms with Crippen LogP contribution in [0.25, 0.3) is 0 Å². The highest BCUT2D eigenvalue weighted by atomic mass is 32.1. The number of amides is 1. The standard InChI is InChI=1S/C23H31NO5SSi/c1-23(2,3)31(5,6)29-14-15-11-12-19(30-15)18(22(27)28-4)13-24-20(25)16-9-7-8-10-17(16)21(24)26/h7-12,18,20,25H,13-14H2,1-6H3. The number of hydrogen-bond acceptors (Lipinski definition) is 6. The molecule has 2 unspecified atom stereocenters. The number of rotatable bonds is 7. The van der Waals surface area contributed by atoms with Crippen LogP contribution in [0.15, 0.2) is 36.4 Å². The van der Waals surface area contributed by atoms with Crippen LogP contribution in [0, 0.1) is 0 Å². The number of esters is 1. The zero-order valence-corrected chi connectivity index (χ0v) is 20.8. The van der Waals surface area contributed by atoms with Gasteiger partial charge in [0.1, 0.15) is 5.92 Å². The summed E-state index contributed by atoms with van der Waals surface area (Å²) < 4.78 is 11.3. The number of thiophene rings is 1. The fourth-order valence-corrected chi connectivity index (χ4v) is 5.34. The molecule has 0 radical (unpaired) electrons. The van der Waals surface area contributed by atoms with E-state index in [1.165, 1.54) is 23.3 Å². The molecule has 1 amide bonds. The highest BCUT2D eigenvalue weighted by Gasteiger charge is 2.39. The van der Waals surface area contributed by atoms with Crippen LogP contribution in [-0.2, 0) is 20.6 Å². The average molecular weight is 462 g/mol. The summed E-state index contributed by atoms with van der Waals surface area (Å²) in [5.74, 6) is -1.39. The van der Waals surface area contributed by atoms with Gasteiger partial charge in [0.05, 0.1) is 13.7 Å². The van der Waals surface area contributed by atoms with Crippen LogP contribution in [0.5, 0.6) is 0 Å². The van der Waals surface area contributed by atoms with Crippen LogP contribution in [0.1, 0.15) is 58.6 Å². The first kappa shape index (κ1) is 23.7. The van der Waals surface area contributed by atoms with Gasteiger partial charge in [-0.3, -0.25) is 9.59 Å². The van der Waals surface area contributed by atoms with E-state index in [1.807, 2.05) is 12.1 Å². The molecule has 0 bridgehead atoms. The number of nitrogens with zero attached hydrogens (tertiary/aromatic N) is 1. The van der Waals surface area contributed by atoms with Crippen LogP contribution >= 0.6 is 11.3 Å². The molecule has 2 aromatic rings. The third-order valence-corrected chi connectivity index (χ3v) is 11.9. The summed E-state index contributed by atoms with van der Waals surface area (Å²) in [7, 11) is -0.555. The van der Waals surface area contributed by atoms with Crippen molar-refractivity contribution in [2.45, 2.75) is 57.7 Å². The number of benzene rings is 1. The van der Waals surface area contributed by atoms with Crippen molar-refractivity contribution >= 4 is 31.5 Å². The summed E-state index contributed by atoms with van der Waals surface area (Å²) in [5.41, 5.74) is 1.03. The molecule has 3 rings (SSSR count). The van der Waals surface area contributed by atoms with Crippen molar-refractivity contribution in [1.29, 1.82) is 0 Å². The van der Waals surface area contributed by atoms with Crippen LogP contribution in [-0.4, -0.2) is 43.9 Å². The van der Waals surface area contributed by atoms with Crippen molar-refractivity contribution in [3.8, 4) is 0 Å². The Balaban J connectivity index is 1.77.